The number of benzene rings is 2. The standard InChI is InChI=1S/C20H11ClF4N4O4/c21-10-3-7-12(8-4-10)29-14-13(16(31)27-18(29)33)19(17(32)26-14,20(23,24)25)28-15(30)9-1-5-11(22)6-2-9/h1-8H,(H,26,32)(H,28,30)(H,27,31,33). The molecule has 2 heterocycles. The number of nitrogens with zero attached hydrogens (tertiary/aromatic N) is 1. The van der Waals surface area contributed by atoms with Crippen LogP contribution in [-0.2, 0) is 10.3 Å². The number of halogens is 5. The van der Waals surface area contributed by atoms with Crippen molar-refractivity contribution < 1.29 is 27.2 Å². The van der Waals surface area contributed by atoms with Crippen LogP contribution in [0.25, 0.3) is 5.69 Å². The van der Waals surface area contributed by atoms with Crippen molar-refractivity contribution >= 4 is 29.2 Å². The Kier molecular flexibility index (Phi) is 5.12. The van der Waals surface area contributed by atoms with E-state index >= 15 is 0 Å². The quantitative estimate of drug-likeness (QED) is 0.498. The maximum atomic E-state index is 14.4. The Balaban J connectivity index is 1.96. The van der Waals surface area contributed by atoms with Crippen molar-refractivity contribution in [2.24, 2.45) is 0 Å². The number of carbonyl (C=O) groups is 2. The highest BCUT2D eigenvalue weighted by molar-refractivity contribution is 6.30. The lowest BCUT2D eigenvalue weighted by Gasteiger charge is -2.30. The maximum Gasteiger partial charge on any atom is 0.425 e. The first kappa shape index (κ1) is 22.3. The Bertz CT molecular complexity index is 1400. The highest BCUT2D eigenvalue weighted by atomic mass is 35.5. The molecule has 170 valence electrons. The van der Waals surface area contributed by atoms with Gasteiger partial charge in [0.15, 0.2) is 0 Å². The van der Waals surface area contributed by atoms with E-state index in [0.717, 1.165) is 24.3 Å². The van der Waals surface area contributed by atoms with E-state index in [0.29, 0.717) is 4.57 Å². The van der Waals surface area contributed by atoms with Crippen LogP contribution in [0.3, 0.4) is 0 Å². The molecule has 3 N–H and O–H groups in total. The van der Waals surface area contributed by atoms with Crippen LogP contribution < -0.4 is 21.9 Å². The number of fused-ring (bicyclic) bond motifs is 1. The predicted octanol–water partition coefficient (Wildman–Crippen LogP) is 2.46. The highest BCUT2D eigenvalue weighted by Crippen LogP contribution is 2.45. The van der Waals surface area contributed by atoms with Crippen LogP contribution in [0.15, 0.2) is 58.1 Å². The number of H-pyrrole nitrogens is 1. The van der Waals surface area contributed by atoms with E-state index in [9.17, 15) is 36.7 Å². The fraction of sp³-hybridized carbons (Fsp3) is 0.100. The molecule has 0 bridgehead atoms. The lowest BCUT2D eigenvalue weighted by Crippen LogP contribution is -2.62. The summed E-state index contributed by atoms with van der Waals surface area (Å²) in [6.45, 7) is 0. The van der Waals surface area contributed by atoms with Gasteiger partial charge in [0.25, 0.3) is 22.9 Å². The molecule has 0 saturated heterocycles. The van der Waals surface area contributed by atoms with Crippen LogP contribution in [0.4, 0.5) is 23.4 Å². The van der Waals surface area contributed by atoms with Gasteiger partial charge in [-0.2, -0.15) is 13.2 Å². The summed E-state index contributed by atoms with van der Waals surface area (Å²) >= 11 is 5.80. The minimum atomic E-state index is -5.51. The van der Waals surface area contributed by atoms with E-state index in [2.05, 4.69) is 0 Å². The van der Waals surface area contributed by atoms with Gasteiger partial charge in [0, 0.05) is 10.6 Å². The third-order valence-electron chi connectivity index (χ3n) is 4.98. The summed E-state index contributed by atoms with van der Waals surface area (Å²) < 4.78 is 56.9. The lowest BCUT2D eigenvalue weighted by molar-refractivity contribution is -0.196. The number of hydrogen-bond acceptors (Lipinski definition) is 4. The number of nitrogens with one attached hydrogen (secondary N) is 3. The minimum absolute atomic E-state index is 0.0139. The molecule has 0 spiro atoms. The van der Waals surface area contributed by atoms with Crippen molar-refractivity contribution in [3.05, 3.63) is 91.3 Å². The average Bonchev–Trinajstić information content (AvgIpc) is 3.03. The molecule has 1 aliphatic rings. The van der Waals surface area contributed by atoms with Crippen LogP contribution in [0, 0.1) is 5.82 Å². The molecule has 0 saturated carbocycles. The SMILES string of the molecule is O=C(NC1(C(F)(F)F)C(=O)Nc2c1c(=O)[nH]c(=O)n2-c1ccc(Cl)cc1)c1ccc(F)cc1. The van der Waals surface area contributed by atoms with Crippen molar-refractivity contribution in [3.63, 3.8) is 0 Å². The van der Waals surface area contributed by atoms with Gasteiger partial charge in [0.2, 0.25) is 0 Å². The Labute approximate surface area is 185 Å². The number of aromatic nitrogens is 2. The third kappa shape index (κ3) is 3.48. The van der Waals surface area contributed by atoms with Crippen LogP contribution >= 0.6 is 11.6 Å². The van der Waals surface area contributed by atoms with Gasteiger partial charge in [-0.25, -0.2) is 13.8 Å². The van der Waals surface area contributed by atoms with Crippen molar-refractivity contribution in [2.45, 2.75) is 11.7 Å². The number of carbonyl (C=O) groups excluding carboxylic acids is 2. The molecule has 0 aliphatic carbocycles. The second-order valence-corrected chi connectivity index (χ2v) is 7.39. The van der Waals surface area contributed by atoms with E-state index in [1.54, 1.807) is 10.3 Å². The van der Waals surface area contributed by atoms with Gasteiger partial charge in [-0.1, -0.05) is 11.6 Å². The number of aromatic amines is 1. The van der Waals surface area contributed by atoms with Crippen molar-refractivity contribution in [1.82, 2.24) is 14.9 Å². The Hall–Kier alpha value is -3.93. The number of amides is 2. The van der Waals surface area contributed by atoms with E-state index in [-0.39, 0.29) is 10.7 Å². The first-order chi connectivity index (χ1) is 15.5. The van der Waals surface area contributed by atoms with Gasteiger partial charge >= 0.3 is 11.9 Å². The molecule has 1 unspecified atom stereocenters. The van der Waals surface area contributed by atoms with Gasteiger partial charge in [-0.05, 0) is 48.5 Å². The predicted molar refractivity (Wildman–Crippen MR) is 108 cm³/mol. The second kappa shape index (κ2) is 7.59. The molecule has 4 rings (SSSR count). The van der Waals surface area contributed by atoms with Gasteiger partial charge in [-0.3, -0.25) is 19.4 Å². The zero-order chi connectivity index (χ0) is 24.1. The largest absolute Gasteiger partial charge is 0.425 e. The van der Waals surface area contributed by atoms with E-state index in [1.807, 2.05) is 5.32 Å². The Morgan fingerprint density at radius 3 is 2.18 bits per heavy atom. The molecule has 0 radical (unpaired) electrons. The Morgan fingerprint density at radius 2 is 1.61 bits per heavy atom. The second-order valence-electron chi connectivity index (χ2n) is 6.96. The van der Waals surface area contributed by atoms with Crippen molar-refractivity contribution in [1.29, 1.82) is 0 Å². The number of anilines is 1. The van der Waals surface area contributed by atoms with Crippen LogP contribution in [0.2, 0.25) is 5.02 Å². The van der Waals surface area contributed by atoms with Gasteiger partial charge < -0.3 is 10.6 Å². The molecule has 8 nitrogen and oxygen atoms in total. The molecular weight excluding hydrogens is 472 g/mol. The molecule has 1 atom stereocenters. The molecule has 3 aromatic rings. The topological polar surface area (TPSA) is 113 Å². The fourth-order valence-electron chi connectivity index (χ4n) is 3.46. The molecule has 13 heteroatoms. The minimum Gasteiger partial charge on any atom is -0.326 e. The molecule has 33 heavy (non-hydrogen) atoms. The normalized spacial score (nSPS) is 17.4. The van der Waals surface area contributed by atoms with Crippen LogP contribution in [0.5, 0.6) is 0 Å². The Morgan fingerprint density at radius 1 is 1.00 bits per heavy atom. The monoisotopic (exact) mass is 482 g/mol. The molecule has 1 aromatic heterocycles. The molecule has 2 aromatic carbocycles. The average molecular weight is 483 g/mol. The van der Waals surface area contributed by atoms with Crippen LogP contribution in [-0.4, -0.2) is 27.5 Å². The van der Waals surface area contributed by atoms with E-state index in [4.69, 9.17) is 11.6 Å². The van der Waals surface area contributed by atoms with E-state index < -0.39 is 57.5 Å². The van der Waals surface area contributed by atoms with Gasteiger partial charge in [0.1, 0.15) is 17.2 Å². The fourth-order valence-corrected chi connectivity index (χ4v) is 3.58. The third-order valence-corrected chi connectivity index (χ3v) is 5.23. The zero-order valence-electron chi connectivity index (χ0n) is 16.1. The first-order valence-electron chi connectivity index (χ1n) is 9.07. The summed E-state index contributed by atoms with van der Waals surface area (Å²) in [4.78, 5) is 52.1. The van der Waals surface area contributed by atoms with Crippen molar-refractivity contribution in [2.75, 3.05) is 5.32 Å². The smallest absolute Gasteiger partial charge is 0.326 e. The van der Waals surface area contributed by atoms with Gasteiger partial charge in [-0.15, -0.1) is 0 Å². The first-order valence-corrected chi connectivity index (χ1v) is 9.45. The lowest BCUT2D eigenvalue weighted by atomic mass is 9.91. The number of rotatable bonds is 3. The summed E-state index contributed by atoms with van der Waals surface area (Å²) in [5.41, 5.74) is -8.14. The summed E-state index contributed by atoms with van der Waals surface area (Å²) in [6.07, 6.45) is -5.51. The maximum absolute atomic E-state index is 14.4. The highest BCUT2D eigenvalue weighted by Gasteiger charge is 2.68. The molecular formula is C20H11ClF4N4O4. The molecule has 2 amide bonds. The van der Waals surface area contributed by atoms with Crippen LogP contribution in [0.1, 0.15) is 15.9 Å². The number of hydrogen-bond donors (Lipinski definition) is 3. The summed E-state index contributed by atoms with van der Waals surface area (Å²) in [7, 11) is 0. The van der Waals surface area contributed by atoms with Gasteiger partial charge in [0.05, 0.1) is 5.69 Å². The summed E-state index contributed by atoms with van der Waals surface area (Å²) in [6, 6.07) is 8.71. The molecule has 1 aliphatic heterocycles. The number of alkyl halides is 3. The summed E-state index contributed by atoms with van der Waals surface area (Å²) in [5.74, 6) is -4.73. The molecule has 0 fully saturated rings. The van der Waals surface area contributed by atoms with E-state index in [1.165, 1.54) is 24.3 Å². The summed E-state index contributed by atoms with van der Waals surface area (Å²) in [5, 5.41) is 3.73. The zero-order valence-corrected chi connectivity index (χ0v) is 16.8. The van der Waals surface area contributed by atoms with Crippen molar-refractivity contribution in [3.8, 4) is 5.69 Å².